The minimum Gasteiger partial charge on any atom is -0.490 e. The van der Waals surface area contributed by atoms with Gasteiger partial charge in [-0.25, -0.2) is 9.37 Å². The van der Waals surface area contributed by atoms with E-state index in [4.69, 9.17) is 9.47 Å². The predicted molar refractivity (Wildman–Crippen MR) is 155 cm³/mol. The zero-order valence-corrected chi connectivity index (χ0v) is 25.0. The Morgan fingerprint density at radius 2 is 1.78 bits per heavy atom. The van der Waals surface area contributed by atoms with Crippen molar-refractivity contribution in [2.75, 3.05) is 6.61 Å². The first kappa shape index (κ1) is 27.5. The van der Waals surface area contributed by atoms with Crippen molar-refractivity contribution in [3.63, 3.8) is 0 Å². The van der Waals surface area contributed by atoms with E-state index < -0.39 is 0 Å². The second kappa shape index (κ2) is 11.9. The summed E-state index contributed by atoms with van der Waals surface area (Å²) in [5, 5.41) is 5.00. The molecule has 0 amide bonds. The Bertz CT molecular complexity index is 1540. The first-order chi connectivity index (χ1) is 17.7. The summed E-state index contributed by atoms with van der Waals surface area (Å²) in [6.07, 6.45) is 1.58. The van der Waals surface area contributed by atoms with Gasteiger partial charge in [-0.2, -0.15) is 9.78 Å². The maximum atomic E-state index is 13.3. The minimum absolute atomic E-state index is 0.0331. The van der Waals surface area contributed by atoms with Crippen molar-refractivity contribution in [1.82, 2.24) is 9.66 Å². The first-order valence-electron chi connectivity index (χ1n) is 11.5. The lowest BCUT2D eigenvalue weighted by Crippen LogP contribution is -2.23. The molecule has 0 saturated heterocycles. The molecular formula is C27H23Br3FN3O3. The Labute approximate surface area is 238 Å². The number of ether oxygens (including phenoxy) is 2. The fraction of sp³-hybridized carbons (Fsp3) is 0.222. The summed E-state index contributed by atoms with van der Waals surface area (Å²) >= 11 is 10.6. The van der Waals surface area contributed by atoms with Gasteiger partial charge in [0.1, 0.15) is 18.2 Å². The summed E-state index contributed by atoms with van der Waals surface area (Å²) in [6, 6.07) is 13.3. The molecule has 192 valence electrons. The van der Waals surface area contributed by atoms with Gasteiger partial charge in [0.15, 0.2) is 11.5 Å². The van der Waals surface area contributed by atoms with E-state index in [-0.39, 0.29) is 23.9 Å². The highest BCUT2D eigenvalue weighted by molar-refractivity contribution is 9.13. The number of nitrogens with zero attached hydrogens (tertiary/aromatic N) is 3. The summed E-state index contributed by atoms with van der Waals surface area (Å²) in [5.74, 6) is 1.20. The largest absolute Gasteiger partial charge is 0.490 e. The molecule has 0 bridgehead atoms. The molecule has 3 aromatic carbocycles. The highest BCUT2D eigenvalue weighted by Gasteiger charge is 2.18. The molecule has 0 N–H and O–H groups in total. The summed E-state index contributed by atoms with van der Waals surface area (Å²) in [6.45, 7) is 6.44. The molecule has 0 radical (unpaired) electrons. The van der Waals surface area contributed by atoms with E-state index in [1.807, 2.05) is 32.9 Å². The number of rotatable bonds is 8. The van der Waals surface area contributed by atoms with E-state index in [0.29, 0.717) is 49.3 Å². The van der Waals surface area contributed by atoms with Crippen molar-refractivity contribution in [2.24, 2.45) is 5.10 Å². The summed E-state index contributed by atoms with van der Waals surface area (Å²) in [7, 11) is 0. The average Bonchev–Trinajstić information content (AvgIpc) is 2.87. The quantitative estimate of drug-likeness (QED) is 0.177. The van der Waals surface area contributed by atoms with Gasteiger partial charge in [-0.3, -0.25) is 4.79 Å². The number of halogens is 4. The molecule has 0 spiro atoms. The van der Waals surface area contributed by atoms with Gasteiger partial charge in [-0.1, -0.05) is 41.9 Å². The molecule has 0 fully saturated rings. The molecule has 1 heterocycles. The summed E-state index contributed by atoms with van der Waals surface area (Å²) in [4.78, 5) is 18.0. The number of benzene rings is 3. The molecule has 4 rings (SSSR count). The van der Waals surface area contributed by atoms with Crippen LogP contribution in [-0.2, 0) is 6.61 Å². The van der Waals surface area contributed by atoms with Crippen molar-refractivity contribution in [3.05, 3.63) is 95.1 Å². The van der Waals surface area contributed by atoms with Crippen LogP contribution in [0.3, 0.4) is 0 Å². The van der Waals surface area contributed by atoms with E-state index in [1.165, 1.54) is 16.8 Å². The Hall–Kier alpha value is -2.56. The molecule has 4 aromatic rings. The van der Waals surface area contributed by atoms with Crippen LogP contribution in [0.5, 0.6) is 11.5 Å². The van der Waals surface area contributed by atoms with Gasteiger partial charge in [0.25, 0.3) is 5.56 Å². The van der Waals surface area contributed by atoms with E-state index >= 15 is 0 Å². The standard InChI is InChI=1S/C27H23Br3FN3O3/c1-4-36-22-11-17(23(29)24(30)25(22)37-14-16-5-8-19(31)9-6-16)13-32-34-26(15(2)3)33-21-10-7-18(28)12-20(21)27(34)35/h5-13,15H,4,14H2,1-3H3. The van der Waals surface area contributed by atoms with Gasteiger partial charge in [-0.05, 0) is 80.7 Å². The summed E-state index contributed by atoms with van der Waals surface area (Å²) < 4.78 is 28.5. The van der Waals surface area contributed by atoms with Crippen molar-refractivity contribution in [1.29, 1.82) is 0 Å². The van der Waals surface area contributed by atoms with Crippen LogP contribution in [0.2, 0.25) is 0 Å². The zero-order valence-electron chi connectivity index (χ0n) is 20.3. The molecule has 10 heteroatoms. The Kier molecular flexibility index (Phi) is 8.82. The zero-order chi connectivity index (χ0) is 26.7. The molecule has 0 saturated carbocycles. The third-order valence-corrected chi connectivity index (χ3v) is 8.05. The van der Waals surface area contributed by atoms with Gasteiger partial charge < -0.3 is 9.47 Å². The second-order valence-electron chi connectivity index (χ2n) is 8.42. The SMILES string of the molecule is CCOc1cc(C=Nn2c(C(C)C)nc3ccc(Br)cc3c2=O)c(Br)c(Br)c1OCc1ccc(F)cc1. The van der Waals surface area contributed by atoms with Crippen LogP contribution >= 0.6 is 47.8 Å². The Balaban J connectivity index is 1.75. The van der Waals surface area contributed by atoms with E-state index in [0.717, 1.165) is 10.0 Å². The topological polar surface area (TPSA) is 65.7 Å². The van der Waals surface area contributed by atoms with E-state index in [1.54, 1.807) is 30.5 Å². The van der Waals surface area contributed by atoms with Gasteiger partial charge >= 0.3 is 0 Å². The molecule has 1 aromatic heterocycles. The normalized spacial score (nSPS) is 11.6. The van der Waals surface area contributed by atoms with Gasteiger partial charge in [0, 0.05) is 20.4 Å². The fourth-order valence-corrected chi connectivity index (χ4v) is 4.90. The number of aromatic nitrogens is 2. The van der Waals surface area contributed by atoms with Gasteiger partial charge in [0.05, 0.1) is 28.2 Å². The third-order valence-electron chi connectivity index (χ3n) is 5.41. The van der Waals surface area contributed by atoms with Crippen LogP contribution in [0, 0.1) is 5.82 Å². The van der Waals surface area contributed by atoms with Crippen molar-refractivity contribution in [2.45, 2.75) is 33.3 Å². The smallest absolute Gasteiger partial charge is 0.282 e. The third kappa shape index (κ3) is 6.13. The van der Waals surface area contributed by atoms with Crippen molar-refractivity contribution >= 4 is 64.9 Å². The first-order valence-corrected chi connectivity index (χ1v) is 13.9. The monoisotopic (exact) mass is 693 g/mol. The molecule has 0 unspecified atom stereocenters. The molecule has 37 heavy (non-hydrogen) atoms. The molecular weight excluding hydrogens is 673 g/mol. The second-order valence-corrected chi connectivity index (χ2v) is 10.9. The number of hydrogen-bond donors (Lipinski definition) is 0. The highest BCUT2D eigenvalue weighted by atomic mass is 79.9. The van der Waals surface area contributed by atoms with Crippen LogP contribution in [-0.4, -0.2) is 22.5 Å². The van der Waals surface area contributed by atoms with Crippen LogP contribution < -0.4 is 15.0 Å². The maximum absolute atomic E-state index is 13.3. The maximum Gasteiger partial charge on any atom is 0.282 e. The lowest BCUT2D eigenvalue weighted by molar-refractivity contribution is 0.267. The van der Waals surface area contributed by atoms with Crippen LogP contribution in [0.4, 0.5) is 4.39 Å². The van der Waals surface area contributed by atoms with Crippen molar-refractivity contribution in [3.8, 4) is 11.5 Å². The molecule has 6 nitrogen and oxygen atoms in total. The summed E-state index contributed by atoms with van der Waals surface area (Å²) in [5.41, 5.74) is 1.84. The molecule has 0 aliphatic rings. The van der Waals surface area contributed by atoms with E-state index in [2.05, 4.69) is 57.9 Å². The lowest BCUT2D eigenvalue weighted by atomic mass is 10.2. The minimum atomic E-state index is -0.305. The molecule has 0 aliphatic carbocycles. The molecule has 0 atom stereocenters. The van der Waals surface area contributed by atoms with Crippen molar-refractivity contribution < 1.29 is 13.9 Å². The lowest BCUT2D eigenvalue weighted by Gasteiger charge is -2.16. The van der Waals surface area contributed by atoms with Gasteiger partial charge in [-0.15, -0.1) is 0 Å². The highest BCUT2D eigenvalue weighted by Crippen LogP contribution is 2.43. The Morgan fingerprint density at radius 1 is 1.05 bits per heavy atom. The van der Waals surface area contributed by atoms with Crippen LogP contribution in [0.15, 0.2) is 71.8 Å². The predicted octanol–water partition coefficient (Wildman–Crippen LogP) is 7.81. The average molecular weight is 696 g/mol. The van der Waals surface area contributed by atoms with Crippen LogP contribution in [0.25, 0.3) is 10.9 Å². The van der Waals surface area contributed by atoms with Gasteiger partial charge in [0.2, 0.25) is 0 Å². The van der Waals surface area contributed by atoms with E-state index in [9.17, 15) is 9.18 Å². The van der Waals surface area contributed by atoms with Crippen LogP contribution in [0.1, 0.15) is 43.6 Å². The molecule has 0 aliphatic heterocycles. The Morgan fingerprint density at radius 3 is 2.46 bits per heavy atom. The fourth-order valence-electron chi connectivity index (χ4n) is 3.60. The number of hydrogen-bond acceptors (Lipinski definition) is 5. The number of fused-ring (bicyclic) bond motifs is 1.